The molecular weight excluding hydrogens is 427 g/mol. The first-order valence-corrected chi connectivity index (χ1v) is 9.11. The predicted molar refractivity (Wildman–Crippen MR) is 114 cm³/mol. The summed E-state index contributed by atoms with van der Waals surface area (Å²) in [5, 5.41) is 6.56. The van der Waals surface area contributed by atoms with E-state index >= 15 is 0 Å². The molecule has 1 aromatic rings. The maximum atomic E-state index is 12.3. The summed E-state index contributed by atoms with van der Waals surface area (Å²) in [7, 11) is 0. The van der Waals surface area contributed by atoms with Crippen LogP contribution in [-0.4, -0.2) is 36.4 Å². The number of carbonyl (C=O) groups is 1. The molecule has 0 unspecified atom stereocenters. The van der Waals surface area contributed by atoms with Gasteiger partial charge in [-0.15, -0.1) is 24.0 Å². The van der Waals surface area contributed by atoms with Gasteiger partial charge in [-0.2, -0.15) is 0 Å². The molecule has 140 valence electrons. The van der Waals surface area contributed by atoms with Crippen molar-refractivity contribution in [3.05, 3.63) is 35.4 Å². The van der Waals surface area contributed by atoms with E-state index in [4.69, 9.17) is 0 Å². The number of benzene rings is 1. The zero-order valence-corrected chi connectivity index (χ0v) is 17.7. The van der Waals surface area contributed by atoms with E-state index in [2.05, 4.69) is 41.6 Å². The molecule has 25 heavy (non-hydrogen) atoms. The highest BCUT2D eigenvalue weighted by Crippen LogP contribution is 2.22. The molecule has 1 aliphatic rings. The summed E-state index contributed by atoms with van der Waals surface area (Å²) in [4.78, 5) is 18.8. The minimum atomic E-state index is 0. The molecule has 1 heterocycles. The highest BCUT2D eigenvalue weighted by molar-refractivity contribution is 14.0. The number of nitrogens with one attached hydrogen (secondary N) is 2. The number of unbranched alkanes of at least 4 members (excludes halogenated alkanes) is 1. The molecule has 1 aromatic carbocycles. The number of carbonyl (C=O) groups excluding carboxylic acids is 1. The minimum absolute atomic E-state index is 0. The van der Waals surface area contributed by atoms with Crippen molar-refractivity contribution in [3.63, 3.8) is 0 Å². The van der Waals surface area contributed by atoms with E-state index in [-0.39, 0.29) is 29.9 Å². The van der Waals surface area contributed by atoms with Crippen molar-refractivity contribution in [2.45, 2.75) is 52.6 Å². The Morgan fingerprint density at radius 3 is 2.40 bits per heavy atom. The third-order valence-corrected chi connectivity index (χ3v) is 4.18. The minimum Gasteiger partial charge on any atom is -0.357 e. The molecule has 2 rings (SSSR count). The predicted octanol–water partition coefficient (Wildman–Crippen LogP) is 3.28. The van der Waals surface area contributed by atoms with Gasteiger partial charge >= 0.3 is 0 Å². The van der Waals surface area contributed by atoms with E-state index in [1.807, 2.05) is 17.0 Å². The van der Waals surface area contributed by atoms with Gasteiger partial charge in [-0.3, -0.25) is 9.79 Å². The number of rotatable bonds is 8. The molecule has 0 saturated heterocycles. The molecule has 1 aliphatic heterocycles. The average molecular weight is 458 g/mol. The van der Waals surface area contributed by atoms with Crippen molar-refractivity contribution in [2.24, 2.45) is 4.99 Å². The fraction of sp³-hybridized carbons (Fsp3) is 0.579. The maximum absolute atomic E-state index is 12.3. The molecule has 1 amide bonds. The summed E-state index contributed by atoms with van der Waals surface area (Å²) in [5.41, 5.74) is 2.55. The standard InChI is InChI=1S/C19H30N4O.HI/c1-3-5-12-21-19(20-4-2)22-13-8-11-18(24)23-14-16-9-6-7-10-17(16)15-23;/h6-7,9-10H,3-5,8,11-15H2,1-2H3,(H2,20,21,22);1H. The highest BCUT2D eigenvalue weighted by Gasteiger charge is 2.22. The molecule has 0 atom stereocenters. The van der Waals surface area contributed by atoms with Gasteiger partial charge in [0.1, 0.15) is 0 Å². The fourth-order valence-corrected chi connectivity index (χ4v) is 2.81. The van der Waals surface area contributed by atoms with E-state index < -0.39 is 0 Å². The number of guanidine groups is 1. The van der Waals surface area contributed by atoms with Crippen LogP contribution in [-0.2, 0) is 17.9 Å². The van der Waals surface area contributed by atoms with Crippen LogP contribution in [0.15, 0.2) is 29.3 Å². The second-order valence-corrected chi connectivity index (χ2v) is 6.16. The summed E-state index contributed by atoms with van der Waals surface area (Å²) in [6.07, 6.45) is 3.65. The second kappa shape index (κ2) is 12.1. The van der Waals surface area contributed by atoms with Crippen LogP contribution in [0, 0.1) is 0 Å². The Balaban J connectivity index is 0.00000312. The topological polar surface area (TPSA) is 56.7 Å². The molecule has 0 spiro atoms. The van der Waals surface area contributed by atoms with E-state index in [0.29, 0.717) is 13.0 Å². The summed E-state index contributed by atoms with van der Waals surface area (Å²) in [6.45, 7) is 8.20. The number of nitrogens with zero attached hydrogens (tertiary/aromatic N) is 2. The number of hydrogen-bond acceptors (Lipinski definition) is 2. The van der Waals surface area contributed by atoms with Crippen LogP contribution in [0.2, 0.25) is 0 Å². The fourth-order valence-electron chi connectivity index (χ4n) is 2.81. The molecule has 0 saturated carbocycles. The van der Waals surface area contributed by atoms with Gasteiger partial charge in [0.05, 0.1) is 0 Å². The van der Waals surface area contributed by atoms with Gasteiger partial charge in [0.15, 0.2) is 5.96 Å². The first-order chi connectivity index (χ1) is 11.7. The normalized spacial score (nSPS) is 13.2. The number of fused-ring (bicyclic) bond motifs is 1. The molecule has 0 aliphatic carbocycles. The Morgan fingerprint density at radius 1 is 1.12 bits per heavy atom. The largest absolute Gasteiger partial charge is 0.357 e. The van der Waals surface area contributed by atoms with Crippen molar-refractivity contribution in [2.75, 3.05) is 19.6 Å². The Kier molecular flexibility index (Phi) is 10.5. The SMILES string of the molecule is CCCCNC(=NCCCC(=O)N1Cc2ccccc2C1)NCC.I. The van der Waals surface area contributed by atoms with Crippen LogP contribution in [0.25, 0.3) is 0 Å². The van der Waals surface area contributed by atoms with Gasteiger partial charge < -0.3 is 15.5 Å². The number of hydrogen-bond donors (Lipinski definition) is 2. The molecule has 0 fully saturated rings. The molecule has 5 nitrogen and oxygen atoms in total. The van der Waals surface area contributed by atoms with Gasteiger partial charge in [0.2, 0.25) is 5.91 Å². The van der Waals surface area contributed by atoms with Gasteiger partial charge in [-0.1, -0.05) is 37.6 Å². The number of aliphatic imine (C=N–C) groups is 1. The summed E-state index contributed by atoms with van der Waals surface area (Å²) >= 11 is 0. The first-order valence-electron chi connectivity index (χ1n) is 9.11. The monoisotopic (exact) mass is 458 g/mol. The molecule has 0 aromatic heterocycles. The highest BCUT2D eigenvalue weighted by atomic mass is 127. The maximum Gasteiger partial charge on any atom is 0.223 e. The average Bonchev–Trinajstić information content (AvgIpc) is 3.03. The Bertz CT molecular complexity index is 537. The van der Waals surface area contributed by atoms with E-state index in [1.54, 1.807) is 0 Å². The molecule has 0 bridgehead atoms. The zero-order valence-electron chi connectivity index (χ0n) is 15.4. The van der Waals surface area contributed by atoms with Crippen molar-refractivity contribution < 1.29 is 4.79 Å². The van der Waals surface area contributed by atoms with Gasteiger partial charge in [0, 0.05) is 39.1 Å². The Morgan fingerprint density at radius 2 is 1.80 bits per heavy atom. The van der Waals surface area contributed by atoms with Crippen molar-refractivity contribution >= 4 is 35.8 Å². The zero-order chi connectivity index (χ0) is 17.2. The van der Waals surface area contributed by atoms with Crippen LogP contribution >= 0.6 is 24.0 Å². The Labute approximate surface area is 168 Å². The lowest BCUT2D eigenvalue weighted by Gasteiger charge is -2.15. The summed E-state index contributed by atoms with van der Waals surface area (Å²) < 4.78 is 0. The van der Waals surface area contributed by atoms with Crippen LogP contribution in [0.5, 0.6) is 0 Å². The van der Waals surface area contributed by atoms with Crippen molar-refractivity contribution in [1.82, 2.24) is 15.5 Å². The van der Waals surface area contributed by atoms with Crippen molar-refractivity contribution in [3.8, 4) is 0 Å². The summed E-state index contributed by atoms with van der Waals surface area (Å²) in [6, 6.07) is 8.29. The van der Waals surface area contributed by atoms with Crippen molar-refractivity contribution in [1.29, 1.82) is 0 Å². The third-order valence-electron chi connectivity index (χ3n) is 4.18. The van der Waals surface area contributed by atoms with Gasteiger partial charge in [-0.05, 0) is 30.9 Å². The summed E-state index contributed by atoms with van der Waals surface area (Å²) in [5.74, 6) is 1.08. The number of halogens is 1. The quantitative estimate of drug-likeness (QED) is 0.272. The molecule has 0 radical (unpaired) electrons. The number of amides is 1. The van der Waals surface area contributed by atoms with Gasteiger partial charge in [0.25, 0.3) is 0 Å². The van der Waals surface area contributed by atoms with Crippen LogP contribution in [0.3, 0.4) is 0 Å². The third kappa shape index (κ3) is 7.22. The lowest BCUT2D eigenvalue weighted by atomic mass is 10.1. The van der Waals surface area contributed by atoms with Crippen LogP contribution < -0.4 is 10.6 Å². The molecular formula is C19H31IN4O. The molecule has 6 heteroatoms. The van der Waals surface area contributed by atoms with E-state index in [1.165, 1.54) is 17.5 Å². The van der Waals surface area contributed by atoms with E-state index in [9.17, 15) is 4.79 Å². The lowest BCUT2D eigenvalue weighted by molar-refractivity contribution is -0.131. The van der Waals surface area contributed by atoms with Gasteiger partial charge in [-0.25, -0.2) is 0 Å². The van der Waals surface area contributed by atoms with Crippen LogP contribution in [0.4, 0.5) is 0 Å². The van der Waals surface area contributed by atoms with E-state index in [0.717, 1.165) is 45.0 Å². The van der Waals surface area contributed by atoms with Crippen LogP contribution in [0.1, 0.15) is 50.7 Å². The first kappa shape index (κ1) is 21.7. The molecule has 2 N–H and O–H groups in total. The second-order valence-electron chi connectivity index (χ2n) is 6.16. The lowest BCUT2D eigenvalue weighted by Crippen LogP contribution is -2.37. The Hall–Kier alpha value is -1.31. The smallest absolute Gasteiger partial charge is 0.223 e.